The van der Waals surface area contributed by atoms with E-state index in [2.05, 4.69) is 5.32 Å². The molecule has 0 bridgehead atoms. The van der Waals surface area contributed by atoms with Crippen molar-refractivity contribution in [1.29, 1.82) is 0 Å². The molecule has 1 aliphatic heterocycles. The molecule has 10 nitrogen and oxygen atoms in total. The number of nitrogens with zero attached hydrogens (tertiary/aromatic N) is 2. The first-order chi connectivity index (χ1) is 16.5. The fourth-order valence-corrected chi connectivity index (χ4v) is 6.13. The summed E-state index contributed by atoms with van der Waals surface area (Å²) in [6.07, 6.45) is 0.938. The van der Waals surface area contributed by atoms with Crippen molar-refractivity contribution in [2.45, 2.75) is 17.9 Å². The summed E-state index contributed by atoms with van der Waals surface area (Å²) in [6, 6.07) is 9.79. The summed E-state index contributed by atoms with van der Waals surface area (Å²) in [4.78, 5) is 12.7. The van der Waals surface area contributed by atoms with Crippen LogP contribution in [0.15, 0.2) is 53.4 Å². The number of carbonyl (C=O) groups is 1. The van der Waals surface area contributed by atoms with Gasteiger partial charge in [-0.2, -0.15) is 4.31 Å². The number of anilines is 1. The topological polar surface area (TPSA) is 122 Å². The average Bonchev–Trinajstić information content (AvgIpc) is 2.82. The van der Waals surface area contributed by atoms with Gasteiger partial charge in [-0.3, -0.25) is 9.10 Å². The normalized spacial score (nSPS) is 15.9. The number of nitrogens with one attached hydrogen (secondary N) is 1. The number of benzene rings is 2. The van der Waals surface area contributed by atoms with E-state index in [1.165, 1.54) is 53.7 Å². The van der Waals surface area contributed by atoms with E-state index in [9.17, 15) is 26.0 Å². The lowest BCUT2D eigenvalue weighted by Crippen LogP contribution is -2.48. The monoisotopic (exact) mass is 529 g/mol. The van der Waals surface area contributed by atoms with E-state index in [1.807, 2.05) is 0 Å². The molecule has 0 unspecified atom stereocenters. The molecule has 13 heteroatoms. The van der Waals surface area contributed by atoms with Crippen LogP contribution in [0.2, 0.25) is 0 Å². The zero-order valence-corrected chi connectivity index (χ0v) is 21.0. The lowest BCUT2D eigenvalue weighted by Gasteiger charge is -2.28. The summed E-state index contributed by atoms with van der Waals surface area (Å²) in [5.41, 5.74) is 0.0403. The number of amides is 1. The first kappa shape index (κ1) is 26.9. The Kier molecular flexibility index (Phi) is 8.70. The second-order valence-electron chi connectivity index (χ2n) is 7.84. The highest BCUT2D eigenvalue weighted by atomic mass is 32.2. The summed E-state index contributed by atoms with van der Waals surface area (Å²) in [6.45, 7) is 2.84. The van der Waals surface area contributed by atoms with E-state index in [0.717, 1.165) is 16.6 Å². The lowest BCUT2D eigenvalue weighted by molar-refractivity contribution is -0.121. The van der Waals surface area contributed by atoms with Crippen LogP contribution in [0.5, 0.6) is 5.75 Å². The highest BCUT2D eigenvalue weighted by molar-refractivity contribution is 7.92. The first-order valence-electron chi connectivity index (χ1n) is 10.8. The summed E-state index contributed by atoms with van der Waals surface area (Å²) in [5.74, 6) is -0.804. The predicted molar refractivity (Wildman–Crippen MR) is 128 cm³/mol. The largest absolute Gasteiger partial charge is 0.492 e. The number of sulfonamides is 2. The van der Waals surface area contributed by atoms with Crippen LogP contribution in [0.4, 0.5) is 10.1 Å². The maximum atomic E-state index is 13.6. The Morgan fingerprint density at radius 3 is 2.40 bits per heavy atom. The Balaban J connectivity index is 1.54. The van der Waals surface area contributed by atoms with Gasteiger partial charge in [-0.05, 0) is 49.4 Å². The molecule has 0 radical (unpaired) electrons. The molecule has 1 N–H and O–H groups in total. The van der Waals surface area contributed by atoms with Gasteiger partial charge in [-0.15, -0.1) is 0 Å². The van der Waals surface area contributed by atoms with Crippen LogP contribution in [0.3, 0.4) is 0 Å². The smallest absolute Gasteiger partial charge is 0.243 e. The van der Waals surface area contributed by atoms with Crippen LogP contribution in [-0.2, 0) is 29.6 Å². The predicted octanol–water partition coefficient (Wildman–Crippen LogP) is 1.20. The minimum absolute atomic E-state index is 0.0403. The molecule has 3 rings (SSSR count). The average molecular weight is 530 g/mol. The fraction of sp³-hybridized carbons (Fsp3) is 0.409. The molecule has 0 aromatic heterocycles. The molecule has 1 saturated heterocycles. The summed E-state index contributed by atoms with van der Waals surface area (Å²) in [7, 11) is -7.47. The molecule has 1 atom stereocenters. The SMILES string of the molecule is C[C@@H](C(=O)NCCOc1ccc(S(=O)(=O)N2CCOCC2)cc1)N(c1cccc(F)c1)S(C)(=O)=O. The molecule has 1 fully saturated rings. The Morgan fingerprint density at radius 2 is 1.80 bits per heavy atom. The lowest BCUT2D eigenvalue weighted by atomic mass is 10.2. The molecule has 35 heavy (non-hydrogen) atoms. The van der Waals surface area contributed by atoms with Gasteiger partial charge in [0.1, 0.15) is 24.2 Å². The van der Waals surface area contributed by atoms with Crippen LogP contribution in [0.1, 0.15) is 6.92 Å². The standard InChI is InChI=1S/C22H28FN3O7S2/c1-17(26(34(2,28)29)19-5-3-4-18(23)16-19)22(27)24-10-13-33-20-6-8-21(9-7-20)35(30,31)25-11-14-32-15-12-25/h3-9,16-17H,10-15H2,1-2H3,(H,24,27)/t17-/m0/s1. The van der Waals surface area contributed by atoms with Gasteiger partial charge in [0, 0.05) is 13.1 Å². The van der Waals surface area contributed by atoms with Crippen molar-refractivity contribution in [2.75, 3.05) is 50.0 Å². The second-order valence-corrected chi connectivity index (χ2v) is 11.6. The van der Waals surface area contributed by atoms with E-state index in [0.29, 0.717) is 32.1 Å². The number of carbonyl (C=O) groups excluding carboxylic acids is 1. The highest BCUT2D eigenvalue weighted by Gasteiger charge is 2.29. The maximum Gasteiger partial charge on any atom is 0.243 e. The zero-order chi connectivity index (χ0) is 25.6. The van der Waals surface area contributed by atoms with Gasteiger partial charge in [0.2, 0.25) is 26.0 Å². The van der Waals surface area contributed by atoms with Crippen molar-refractivity contribution in [3.05, 3.63) is 54.3 Å². The maximum absolute atomic E-state index is 13.6. The first-order valence-corrected chi connectivity index (χ1v) is 14.1. The molecule has 0 saturated carbocycles. The second kappa shape index (κ2) is 11.3. The van der Waals surface area contributed by atoms with Gasteiger partial charge >= 0.3 is 0 Å². The summed E-state index contributed by atoms with van der Waals surface area (Å²) in [5, 5.41) is 2.59. The molecule has 0 spiro atoms. The van der Waals surface area contributed by atoms with Gasteiger partial charge in [-0.25, -0.2) is 21.2 Å². The fourth-order valence-electron chi connectivity index (χ4n) is 3.56. The molecule has 0 aliphatic carbocycles. The van der Waals surface area contributed by atoms with E-state index >= 15 is 0 Å². The van der Waals surface area contributed by atoms with E-state index in [-0.39, 0.29) is 23.7 Å². The molecular weight excluding hydrogens is 501 g/mol. The van der Waals surface area contributed by atoms with Crippen LogP contribution in [-0.4, -0.2) is 78.8 Å². The van der Waals surface area contributed by atoms with Crippen molar-refractivity contribution in [2.24, 2.45) is 0 Å². The number of hydrogen-bond acceptors (Lipinski definition) is 7. The molecular formula is C22H28FN3O7S2. The Hall–Kier alpha value is -2.74. The minimum Gasteiger partial charge on any atom is -0.492 e. The molecule has 2 aromatic carbocycles. The van der Waals surface area contributed by atoms with E-state index in [1.54, 1.807) is 0 Å². The van der Waals surface area contributed by atoms with Crippen molar-refractivity contribution in [3.63, 3.8) is 0 Å². The molecule has 1 aliphatic rings. The Bertz CT molecular complexity index is 1230. The van der Waals surface area contributed by atoms with Gasteiger partial charge < -0.3 is 14.8 Å². The van der Waals surface area contributed by atoms with Crippen molar-refractivity contribution in [1.82, 2.24) is 9.62 Å². The van der Waals surface area contributed by atoms with Gasteiger partial charge in [0.05, 0.1) is 36.6 Å². The van der Waals surface area contributed by atoms with Gasteiger partial charge in [0.15, 0.2) is 0 Å². The molecule has 1 amide bonds. The Morgan fingerprint density at radius 1 is 1.14 bits per heavy atom. The zero-order valence-electron chi connectivity index (χ0n) is 19.4. The van der Waals surface area contributed by atoms with Gasteiger partial charge in [-0.1, -0.05) is 6.07 Å². The number of rotatable bonds is 10. The molecule has 2 aromatic rings. The number of morpholine rings is 1. The molecule has 192 valence electrons. The van der Waals surface area contributed by atoms with Crippen LogP contribution in [0.25, 0.3) is 0 Å². The van der Waals surface area contributed by atoms with Crippen molar-refractivity contribution >= 4 is 31.6 Å². The third-order valence-corrected chi connectivity index (χ3v) is 8.41. The van der Waals surface area contributed by atoms with Crippen LogP contribution < -0.4 is 14.4 Å². The third kappa shape index (κ3) is 6.90. The number of ether oxygens (including phenoxy) is 2. The van der Waals surface area contributed by atoms with E-state index in [4.69, 9.17) is 9.47 Å². The number of hydrogen-bond donors (Lipinski definition) is 1. The molecule has 1 heterocycles. The van der Waals surface area contributed by atoms with Crippen LogP contribution >= 0.6 is 0 Å². The van der Waals surface area contributed by atoms with Gasteiger partial charge in [0.25, 0.3) is 0 Å². The van der Waals surface area contributed by atoms with E-state index < -0.39 is 37.8 Å². The van der Waals surface area contributed by atoms with Crippen molar-refractivity contribution < 1.29 is 35.5 Å². The Labute approximate surface area is 204 Å². The third-order valence-electron chi connectivity index (χ3n) is 5.25. The summed E-state index contributed by atoms with van der Waals surface area (Å²) < 4.78 is 76.4. The number of halogens is 1. The quantitative estimate of drug-likeness (QED) is 0.459. The highest BCUT2D eigenvalue weighted by Crippen LogP contribution is 2.22. The van der Waals surface area contributed by atoms with Crippen LogP contribution in [0, 0.1) is 5.82 Å². The minimum atomic E-state index is -3.86. The van der Waals surface area contributed by atoms with Crippen molar-refractivity contribution in [3.8, 4) is 5.75 Å². The summed E-state index contributed by atoms with van der Waals surface area (Å²) >= 11 is 0.